The van der Waals surface area contributed by atoms with Crippen LogP contribution in [-0.2, 0) is 15.1 Å². The van der Waals surface area contributed by atoms with Gasteiger partial charge in [-0.1, -0.05) is 58.4 Å². The second-order valence-corrected chi connectivity index (χ2v) is 8.61. The van der Waals surface area contributed by atoms with E-state index in [2.05, 4.69) is 5.32 Å². The Balaban J connectivity index is 2.24. The van der Waals surface area contributed by atoms with E-state index in [0.29, 0.717) is 41.9 Å². The van der Waals surface area contributed by atoms with E-state index < -0.39 is 17.5 Å². The van der Waals surface area contributed by atoms with Crippen molar-refractivity contribution in [1.82, 2.24) is 15.1 Å². The number of imide groups is 1. The third-order valence-electron chi connectivity index (χ3n) is 4.86. The molecular formula is C21H30ClN3O3. The fourth-order valence-electron chi connectivity index (χ4n) is 3.54. The summed E-state index contributed by atoms with van der Waals surface area (Å²) in [5, 5.41) is 3.35. The van der Waals surface area contributed by atoms with E-state index in [4.69, 9.17) is 11.6 Å². The number of urea groups is 1. The molecule has 6 nitrogen and oxygen atoms in total. The van der Waals surface area contributed by atoms with Gasteiger partial charge < -0.3 is 10.2 Å². The smallest absolute Gasteiger partial charge is 0.325 e. The average molecular weight is 408 g/mol. The highest BCUT2D eigenvalue weighted by molar-refractivity contribution is 6.30. The number of hydrogen-bond acceptors (Lipinski definition) is 3. The van der Waals surface area contributed by atoms with Crippen molar-refractivity contribution in [3.05, 3.63) is 34.9 Å². The molecule has 1 N–H and O–H groups in total. The molecule has 0 saturated carbocycles. The van der Waals surface area contributed by atoms with Gasteiger partial charge >= 0.3 is 6.03 Å². The Hall–Kier alpha value is -2.08. The first kappa shape index (κ1) is 22.2. The van der Waals surface area contributed by atoms with Gasteiger partial charge in [-0.25, -0.2) is 4.79 Å². The van der Waals surface area contributed by atoms with Crippen LogP contribution in [0.4, 0.5) is 4.79 Å². The molecule has 1 saturated heterocycles. The van der Waals surface area contributed by atoms with Crippen LogP contribution >= 0.6 is 11.6 Å². The molecule has 0 bridgehead atoms. The Kier molecular flexibility index (Phi) is 7.10. The van der Waals surface area contributed by atoms with Crippen LogP contribution in [0.3, 0.4) is 0 Å². The standard InChI is InChI=1S/C21H30ClN3O3/c1-6-21(16-7-9-17(22)10-8-16)19(27)25(20(28)23-21)13-18(26)24(11-14(2)3)12-15(4)5/h7-10,14-15H,6,11-13H2,1-5H3,(H,23,28)/t21-/m0/s1. The molecule has 0 spiro atoms. The van der Waals surface area contributed by atoms with Gasteiger partial charge in [0.25, 0.3) is 5.91 Å². The largest absolute Gasteiger partial charge is 0.341 e. The van der Waals surface area contributed by atoms with Gasteiger partial charge in [-0.3, -0.25) is 14.5 Å². The summed E-state index contributed by atoms with van der Waals surface area (Å²) in [6, 6.07) is 6.31. The lowest BCUT2D eigenvalue weighted by Crippen LogP contribution is -2.47. The van der Waals surface area contributed by atoms with Crippen molar-refractivity contribution in [2.45, 2.75) is 46.6 Å². The van der Waals surface area contributed by atoms with Crippen molar-refractivity contribution in [3.8, 4) is 0 Å². The Labute approximate surface area is 172 Å². The summed E-state index contributed by atoms with van der Waals surface area (Å²) < 4.78 is 0. The third-order valence-corrected chi connectivity index (χ3v) is 5.11. The predicted octanol–water partition coefficient (Wildman–Crippen LogP) is 3.64. The van der Waals surface area contributed by atoms with E-state index in [9.17, 15) is 14.4 Å². The fraction of sp³-hybridized carbons (Fsp3) is 0.571. The van der Waals surface area contributed by atoms with Crippen molar-refractivity contribution in [2.75, 3.05) is 19.6 Å². The lowest BCUT2D eigenvalue weighted by Gasteiger charge is -2.28. The molecule has 1 aromatic carbocycles. The van der Waals surface area contributed by atoms with E-state index in [1.165, 1.54) is 0 Å². The minimum Gasteiger partial charge on any atom is -0.341 e. The number of halogens is 1. The lowest BCUT2D eigenvalue weighted by atomic mass is 9.87. The predicted molar refractivity (Wildman–Crippen MR) is 110 cm³/mol. The zero-order valence-electron chi connectivity index (χ0n) is 17.3. The summed E-state index contributed by atoms with van der Waals surface area (Å²) in [5.41, 5.74) is -0.503. The van der Waals surface area contributed by atoms with Crippen molar-refractivity contribution < 1.29 is 14.4 Å². The molecule has 1 aliphatic rings. The number of benzene rings is 1. The van der Waals surface area contributed by atoms with Crippen LogP contribution in [0.2, 0.25) is 5.02 Å². The zero-order chi connectivity index (χ0) is 21.1. The molecule has 0 radical (unpaired) electrons. The van der Waals surface area contributed by atoms with Gasteiger partial charge in [0, 0.05) is 18.1 Å². The van der Waals surface area contributed by atoms with Gasteiger partial charge in [-0.15, -0.1) is 0 Å². The number of amides is 4. The second-order valence-electron chi connectivity index (χ2n) is 8.17. The fourth-order valence-corrected chi connectivity index (χ4v) is 3.66. The number of hydrogen-bond donors (Lipinski definition) is 1. The highest BCUT2D eigenvalue weighted by Gasteiger charge is 2.51. The van der Waals surface area contributed by atoms with Crippen LogP contribution in [0.15, 0.2) is 24.3 Å². The molecular weight excluding hydrogens is 378 g/mol. The summed E-state index contributed by atoms with van der Waals surface area (Å²) in [7, 11) is 0. The molecule has 1 fully saturated rings. The van der Waals surface area contributed by atoms with Crippen molar-refractivity contribution >= 4 is 29.4 Å². The van der Waals surface area contributed by atoms with Crippen LogP contribution in [0.1, 0.15) is 46.6 Å². The van der Waals surface area contributed by atoms with E-state index in [1.807, 2.05) is 34.6 Å². The number of carbonyl (C=O) groups is 3. The SMILES string of the molecule is CC[C@@]1(c2ccc(Cl)cc2)NC(=O)N(CC(=O)N(CC(C)C)CC(C)C)C1=O. The molecule has 7 heteroatoms. The molecule has 0 aliphatic carbocycles. The van der Waals surface area contributed by atoms with E-state index in [0.717, 1.165) is 4.90 Å². The van der Waals surface area contributed by atoms with Crippen LogP contribution in [0.5, 0.6) is 0 Å². The van der Waals surface area contributed by atoms with Gasteiger partial charge in [0.05, 0.1) is 0 Å². The summed E-state index contributed by atoms with van der Waals surface area (Å²) >= 11 is 5.95. The molecule has 4 amide bonds. The molecule has 1 aliphatic heterocycles. The normalized spacial score (nSPS) is 19.5. The minimum absolute atomic E-state index is 0.214. The second kappa shape index (κ2) is 8.95. The monoisotopic (exact) mass is 407 g/mol. The number of nitrogens with zero attached hydrogens (tertiary/aromatic N) is 2. The molecule has 154 valence electrons. The van der Waals surface area contributed by atoms with Crippen molar-refractivity contribution in [1.29, 1.82) is 0 Å². The molecule has 1 atom stereocenters. The Morgan fingerprint density at radius 3 is 2.11 bits per heavy atom. The van der Waals surface area contributed by atoms with Gasteiger partial charge in [0.1, 0.15) is 12.1 Å². The molecule has 0 aromatic heterocycles. The first-order valence-electron chi connectivity index (χ1n) is 9.78. The van der Waals surface area contributed by atoms with Gasteiger partial charge in [0.2, 0.25) is 5.91 Å². The number of carbonyl (C=O) groups excluding carboxylic acids is 3. The van der Waals surface area contributed by atoms with Gasteiger partial charge in [-0.2, -0.15) is 0 Å². The summed E-state index contributed by atoms with van der Waals surface area (Å²) in [5.74, 6) is -0.0113. The molecule has 0 unspecified atom stereocenters. The summed E-state index contributed by atoms with van der Waals surface area (Å²) in [6.07, 6.45) is 0.381. The van der Waals surface area contributed by atoms with Crippen molar-refractivity contribution in [3.63, 3.8) is 0 Å². The van der Waals surface area contributed by atoms with Crippen molar-refractivity contribution in [2.24, 2.45) is 11.8 Å². The molecule has 2 rings (SSSR count). The summed E-state index contributed by atoms with van der Waals surface area (Å²) in [6.45, 7) is 10.9. The van der Waals surface area contributed by atoms with E-state index in [-0.39, 0.29) is 12.5 Å². The van der Waals surface area contributed by atoms with E-state index in [1.54, 1.807) is 29.2 Å². The maximum Gasteiger partial charge on any atom is 0.325 e. The highest BCUT2D eigenvalue weighted by Crippen LogP contribution is 2.33. The zero-order valence-corrected chi connectivity index (χ0v) is 18.0. The summed E-state index contributed by atoms with van der Waals surface area (Å²) in [4.78, 5) is 41.4. The lowest BCUT2D eigenvalue weighted by molar-refractivity contribution is -0.139. The Bertz CT molecular complexity index is 723. The Morgan fingerprint density at radius 2 is 1.64 bits per heavy atom. The average Bonchev–Trinajstić information content (AvgIpc) is 2.86. The molecule has 28 heavy (non-hydrogen) atoms. The maximum atomic E-state index is 13.2. The van der Waals surface area contributed by atoms with Crippen LogP contribution < -0.4 is 5.32 Å². The quantitative estimate of drug-likeness (QED) is 0.669. The van der Waals surface area contributed by atoms with Crippen LogP contribution in [0, 0.1) is 11.8 Å². The van der Waals surface area contributed by atoms with Crippen LogP contribution in [0.25, 0.3) is 0 Å². The number of rotatable bonds is 8. The van der Waals surface area contributed by atoms with E-state index >= 15 is 0 Å². The maximum absolute atomic E-state index is 13.2. The highest BCUT2D eigenvalue weighted by atomic mass is 35.5. The molecule has 1 heterocycles. The van der Waals surface area contributed by atoms with Gasteiger partial charge in [-0.05, 0) is 36.0 Å². The third kappa shape index (κ3) is 4.66. The molecule has 1 aromatic rings. The first-order valence-corrected chi connectivity index (χ1v) is 10.2. The van der Waals surface area contributed by atoms with Gasteiger partial charge in [0.15, 0.2) is 0 Å². The number of nitrogens with one attached hydrogen (secondary N) is 1. The first-order chi connectivity index (χ1) is 13.1. The Morgan fingerprint density at radius 1 is 1.11 bits per heavy atom. The minimum atomic E-state index is -1.16. The topological polar surface area (TPSA) is 69.7 Å². The van der Waals surface area contributed by atoms with Crippen LogP contribution in [-0.4, -0.2) is 47.3 Å².